The van der Waals surface area contributed by atoms with Gasteiger partial charge in [-0.3, -0.25) is 10.1 Å². The normalized spacial score (nSPS) is 29.4. The van der Waals surface area contributed by atoms with E-state index in [-0.39, 0.29) is 24.3 Å². The molecule has 6 nitrogen and oxygen atoms in total. The molecule has 0 aromatic carbocycles. The lowest BCUT2D eigenvalue weighted by Gasteiger charge is -2.27. The number of unbranched alkanes of at least 4 members (excludes halogenated alkanes) is 4. The fourth-order valence-electron chi connectivity index (χ4n) is 3.93. The summed E-state index contributed by atoms with van der Waals surface area (Å²) in [5, 5.41) is 9.13. The van der Waals surface area contributed by atoms with Crippen molar-refractivity contribution in [3.05, 3.63) is 12.2 Å². The fraction of sp³-hybridized carbons (Fsp3) is 0.842. The molecule has 0 amide bonds. The Hall–Kier alpha value is -0.950. The molecule has 1 N–H and O–H groups in total. The van der Waals surface area contributed by atoms with Gasteiger partial charge in [-0.1, -0.05) is 51.2 Å². The second kappa shape index (κ2) is 10.9. The van der Waals surface area contributed by atoms with Crippen LogP contribution < -0.4 is 0 Å². The van der Waals surface area contributed by atoms with E-state index in [1.54, 1.807) is 0 Å². The van der Waals surface area contributed by atoms with Gasteiger partial charge in [-0.15, -0.1) is 0 Å². The third-order valence-electron chi connectivity index (χ3n) is 5.42. The molecule has 144 valence electrons. The van der Waals surface area contributed by atoms with E-state index in [9.17, 15) is 4.79 Å². The Bertz CT molecular complexity index is 424. The molecule has 2 bridgehead atoms. The number of carbonyl (C=O) groups excluding carboxylic acids is 1. The minimum Gasteiger partial charge on any atom is -0.469 e. The number of carbonyl (C=O) groups is 1. The Labute approximate surface area is 150 Å². The Morgan fingerprint density at radius 2 is 1.92 bits per heavy atom. The molecule has 0 spiro atoms. The van der Waals surface area contributed by atoms with E-state index in [0.29, 0.717) is 18.3 Å². The first-order valence-electron chi connectivity index (χ1n) is 9.57. The van der Waals surface area contributed by atoms with Crippen LogP contribution in [0.2, 0.25) is 0 Å². The van der Waals surface area contributed by atoms with Crippen molar-refractivity contribution in [1.29, 1.82) is 0 Å². The van der Waals surface area contributed by atoms with Gasteiger partial charge in [0, 0.05) is 18.8 Å². The summed E-state index contributed by atoms with van der Waals surface area (Å²) in [6, 6.07) is 0. The van der Waals surface area contributed by atoms with Gasteiger partial charge in [0.05, 0.1) is 13.2 Å². The Balaban J connectivity index is 1.61. The molecule has 0 unspecified atom stereocenters. The van der Waals surface area contributed by atoms with Gasteiger partial charge in [-0.25, -0.2) is 14.7 Å². The van der Waals surface area contributed by atoms with Gasteiger partial charge in [0.1, 0.15) is 12.2 Å². The molecule has 2 aliphatic rings. The van der Waals surface area contributed by atoms with Crippen molar-refractivity contribution >= 4 is 5.97 Å². The standard InChI is InChI=1S/C19H32O6/c1-3-15-16(18-13-17(15)24-25-18)12-11-14(23-21)9-7-5-4-6-8-10-19(20)22-2/h11-12,14-18,21H,3-10,13H2,1-2H3/b12-11+/t14-,15+,16-,17+,18-/m0/s1. The predicted octanol–water partition coefficient (Wildman–Crippen LogP) is 4.05. The second-order valence-corrected chi connectivity index (χ2v) is 7.07. The topological polar surface area (TPSA) is 74.2 Å². The summed E-state index contributed by atoms with van der Waals surface area (Å²) in [6.07, 6.45) is 12.5. The first-order chi connectivity index (χ1) is 12.2. The molecule has 0 radical (unpaired) electrons. The van der Waals surface area contributed by atoms with E-state index in [4.69, 9.17) is 15.0 Å². The first-order valence-corrected chi connectivity index (χ1v) is 9.57. The largest absolute Gasteiger partial charge is 0.469 e. The lowest BCUT2D eigenvalue weighted by Crippen LogP contribution is -2.28. The molecule has 0 aromatic heterocycles. The Morgan fingerprint density at radius 1 is 1.20 bits per heavy atom. The van der Waals surface area contributed by atoms with Crippen LogP contribution in [-0.4, -0.2) is 36.6 Å². The number of hydrogen-bond acceptors (Lipinski definition) is 6. The van der Waals surface area contributed by atoms with Crippen LogP contribution >= 0.6 is 0 Å². The molecule has 1 saturated carbocycles. The number of methoxy groups -OCH3 is 1. The van der Waals surface area contributed by atoms with Crippen molar-refractivity contribution in [2.75, 3.05) is 7.11 Å². The van der Waals surface area contributed by atoms with Crippen molar-refractivity contribution in [3.8, 4) is 0 Å². The maximum Gasteiger partial charge on any atom is 0.305 e. The molecular weight excluding hydrogens is 324 g/mol. The highest BCUT2D eigenvalue weighted by atomic mass is 17.2. The van der Waals surface area contributed by atoms with Crippen LogP contribution in [0.3, 0.4) is 0 Å². The smallest absolute Gasteiger partial charge is 0.305 e. The number of ether oxygens (including phenoxy) is 1. The lowest BCUT2D eigenvalue weighted by molar-refractivity contribution is -0.336. The second-order valence-electron chi connectivity index (χ2n) is 7.07. The van der Waals surface area contributed by atoms with Crippen molar-refractivity contribution in [3.63, 3.8) is 0 Å². The highest BCUT2D eigenvalue weighted by Gasteiger charge is 2.48. The highest BCUT2D eigenvalue weighted by Crippen LogP contribution is 2.44. The molecule has 1 aliphatic heterocycles. The summed E-state index contributed by atoms with van der Waals surface area (Å²) in [5.41, 5.74) is 0. The van der Waals surface area contributed by atoms with Crippen LogP contribution in [-0.2, 0) is 24.2 Å². The summed E-state index contributed by atoms with van der Waals surface area (Å²) in [4.78, 5) is 26.3. The van der Waals surface area contributed by atoms with Gasteiger partial charge in [0.15, 0.2) is 0 Å². The molecule has 5 atom stereocenters. The number of hydrogen-bond donors (Lipinski definition) is 1. The molecular formula is C19H32O6. The summed E-state index contributed by atoms with van der Waals surface area (Å²) in [5.74, 6) is 0.697. The van der Waals surface area contributed by atoms with Gasteiger partial charge in [-0.2, -0.15) is 0 Å². The van der Waals surface area contributed by atoms with E-state index in [0.717, 1.165) is 51.4 Å². The zero-order valence-electron chi connectivity index (χ0n) is 15.4. The van der Waals surface area contributed by atoms with Crippen LogP contribution in [0, 0.1) is 11.8 Å². The molecule has 2 rings (SSSR count). The average molecular weight is 356 g/mol. The number of fused-ring (bicyclic) bond motifs is 2. The van der Waals surface area contributed by atoms with E-state index in [2.05, 4.69) is 22.6 Å². The molecule has 0 aromatic rings. The van der Waals surface area contributed by atoms with Crippen LogP contribution in [0.1, 0.15) is 64.7 Å². The van der Waals surface area contributed by atoms with E-state index in [1.165, 1.54) is 7.11 Å². The Morgan fingerprint density at radius 3 is 2.64 bits per heavy atom. The van der Waals surface area contributed by atoms with Crippen molar-refractivity contribution in [1.82, 2.24) is 0 Å². The van der Waals surface area contributed by atoms with Crippen molar-refractivity contribution in [2.45, 2.75) is 83.0 Å². The van der Waals surface area contributed by atoms with E-state index < -0.39 is 0 Å². The SMILES string of the molecule is CC[C@@H]1[C@H](/C=C/[C@H](CCCCCCCC(=O)OC)OO)[C@@H]2C[C@H]1OO2. The fourth-order valence-corrected chi connectivity index (χ4v) is 3.93. The van der Waals surface area contributed by atoms with Crippen LogP contribution in [0.25, 0.3) is 0 Å². The predicted molar refractivity (Wildman–Crippen MR) is 92.6 cm³/mol. The zero-order chi connectivity index (χ0) is 18.1. The first kappa shape index (κ1) is 20.4. The molecule has 1 heterocycles. The minimum absolute atomic E-state index is 0.139. The number of esters is 1. The van der Waals surface area contributed by atoms with Crippen LogP contribution in [0.15, 0.2) is 12.2 Å². The van der Waals surface area contributed by atoms with Crippen molar-refractivity contribution < 1.29 is 29.5 Å². The maximum atomic E-state index is 11.0. The van der Waals surface area contributed by atoms with Crippen LogP contribution in [0.5, 0.6) is 0 Å². The van der Waals surface area contributed by atoms with Gasteiger partial charge in [0.25, 0.3) is 0 Å². The molecule has 2 fully saturated rings. The maximum absolute atomic E-state index is 11.0. The van der Waals surface area contributed by atoms with Crippen molar-refractivity contribution in [2.24, 2.45) is 11.8 Å². The Kier molecular flexibility index (Phi) is 8.89. The third kappa shape index (κ3) is 6.06. The zero-order valence-corrected chi connectivity index (χ0v) is 15.4. The average Bonchev–Trinajstić information content (AvgIpc) is 3.24. The summed E-state index contributed by atoms with van der Waals surface area (Å²) in [7, 11) is 1.42. The molecule has 1 saturated heterocycles. The molecule has 1 aliphatic carbocycles. The lowest BCUT2D eigenvalue weighted by atomic mass is 9.90. The van der Waals surface area contributed by atoms with E-state index >= 15 is 0 Å². The highest BCUT2D eigenvalue weighted by molar-refractivity contribution is 5.68. The summed E-state index contributed by atoms with van der Waals surface area (Å²) < 4.78 is 4.62. The van der Waals surface area contributed by atoms with E-state index in [1.807, 2.05) is 6.08 Å². The summed E-state index contributed by atoms with van der Waals surface area (Å²) >= 11 is 0. The monoisotopic (exact) mass is 356 g/mol. The van der Waals surface area contributed by atoms with Gasteiger partial charge in [0.2, 0.25) is 0 Å². The minimum atomic E-state index is -0.271. The number of rotatable bonds is 12. The molecule has 6 heteroatoms. The quantitative estimate of drug-likeness (QED) is 0.187. The molecule has 25 heavy (non-hydrogen) atoms. The van der Waals surface area contributed by atoms with Gasteiger partial charge in [-0.05, 0) is 18.8 Å². The summed E-state index contributed by atoms with van der Waals surface area (Å²) in [6.45, 7) is 2.18. The van der Waals surface area contributed by atoms with Crippen LogP contribution in [0.4, 0.5) is 0 Å². The van der Waals surface area contributed by atoms with Gasteiger partial charge < -0.3 is 4.74 Å². The van der Waals surface area contributed by atoms with Gasteiger partial charge >= 0.3 is 5.97 Å². The third-order valence-corrected chi connectivity index (χ3v) is 5.42.